The van der Waals surface area contributed by atoms with Gasteiger partial charge in [-0.1, -0.05) is 34.1 Å². The summed E-state index contributed by atoms with van der Waals surface area (Å²) in [5, 5.41) is 3.13. The molecule has 1 N–H and O–H groups in total. The maximum Gasteiger partial charge on any atom is 0.223 e. The van der Waals surface area contributed by atoms with Crippen molar-refractivity contribution in [2.45, 2.75) is 53.4 Å². The van der Waals surface area contributed by atoms with Crippen LogP contribution in [0.15, 0.2) is 0 Å². The summed E-state index contributed by atoms with van der Waals surface area (Å²) in [6.07, 6.45) is 3.94. The first-order valence-electron chi connectivity index (χ1n) is 6.83. The van der Waals surface area contributed by atoms with Crippen molar-refractivity contribution < 1.29 is 4.79 Å². The molecule has 0 saturated carbocycles. The van der Waals surface area contributed by atoms with E-state index in [1.165, 1.54) is 0 Å². The van der Waals surface area contributed by atoms with Crippen LogP contribution in [0.3, 0.4) is 0 Å². The van der Waals surface area contributed by atoms with E-state index in [1.807, 2.05) is 11.9 Å². The van der Waals surface area contributed by atoms with Crippen LogP contribution < -0.4 is 5.32 Å². The molecule has 3 nitrogen and oxygen atoms in total. The molecular weight excluding hydrogens is 212 g/mol. The Kier molecular flexibility index (Phi) is 8.23. The lowest BCUT2D eigenvalue weighted by molar-refractivity contribution is -0.133. The second kappa shape index (κ2) is 8.51. The first kappa shape index (κ1) is 16.4. The first-order chi connectivity index (χ1) is 7.90. The Hall–Kier alpha value is -0.570. The molecule has 0 spiro atoms. The van der Waals surface area contributed by atoms with Gasteiger partial charge < -0.3 is 10.2 Å². The van der Waals surface area contributed by atoms with Gasteiger partial charge in [-0.05, 0) is 31.8 Å². The van der Waals surface area contributed by atoms with Crippen molar-refractivity contribution in [2.24, 2.45) is 5.41 Å². The molecule has 0 aromatic rings. The van der Waals surface area contributed by atoms with Crippen molar-refractivity contribution >= 4 is 5.91 Å². The standard InChI is InChI=1S/C14H30N2O/c1-6-7-10-16(11-8-9-15-5)13(17)12-14(2,3)4/h15H,6-12H2,1-5H3. The van der Waals surface area contributed by atoms with Crippen molar-refractivity contribution in [1.29, 1.82) is 0 Å². The predicted octanol–water partition coefficient (Wildman–Crippen LogP) is 2.66. The predicted molar refractivity (Wildman–Crippen MR) is 74.1 cm³/mol. The largest absolute Gasteiger partial charge is 0.343 e. The highest BCUT2D eigenvalue weighted by Crippen LogP contribution is 2.20. The van der Waals surface area contributed by atoms with E-state index in [-0.39, 0.29) is 5.41 Å². The van der Waals surface area contributed by atoms with E-state index in [0.29, 0.717) is 12.3 Å². The molecule has 0 unspecified atom stereocenters. The smallest absolute Gasteiger partial charge is 0.223 e. The summed E-state index contributed by atoms with van der Waals surface area (Å²) in [6, 6.07) is 0. The molecule has 102 valence electrons. The SMILES string of the molecule is CCCCN(CCCNC)C(=O)CC(C)(C)C. The molecule has 0 aliphatic heterocycles. The zero-order valence-electron chi connectivity index (χ0n) is 12.3. The van der Waals surface area contributed by atoms with E-state index in [2.05, 4.69) is 33.0 Å². The van der Waals surface area contributed by atoms with Gasteiger partial charge in [0.2, 0.25) is 5.91 Å². The molecule has 1 amide bonds. The third-order valence-electron chi connectivity index (χ3n) is 2.67. The molecule has 0 fully saturated rings. The van der Waals surface area contributed by atoms with E-state index in [1.54, 1.807) is 0 Å². The summed E-state index contributed by atoms with van der Waals surface area (Å²) >= 11 is 0. The molecule has 17 heavy (non-hydrogen) atoms. The van der Waals surface area contributed by atoms with E-state index >= 15 is 0 Å². The van der Waals surface area contributed by atoms with E-state index in [0.717, 1.165) is 38.9 Å². The van der Waals surface area contributed by atoms with Gasteiger partial charge in [0, 0.05) is 19.5 Å². The average Bonchev–Trinajstić information content (AvgIpc) is 2.20. The highest BCUT2D eigenvalue weighted by Gasteiger charge is 2.20. The number of unbranched alkanes of at least 4 members (excludes halogenated alkanes) is 1. The molecule has 0 aliphatic carbocycles. The highest BCUT2D eigenvalue weighted by molar-refractivity contribution is 5.76. The van der Waals surface area contributed by atoms with Crippen LogP contribution in [-0.2, 0) is 4.79 Å². The number of amides is 1. The molecule has 0 atom stereocenters. The number of hydrogen-bond donors (Lipinski definition) is 1. The van der Waals surface area contributed by atoms with Crippen molar-refractivity contribution in [2.75, 3.05) is 26.7 Å². The van der Waals surface area contributed by atoms with Gasteiger partial charge in [-0.2, -0.15) is 0 Å². The molecule has 3 heteroatoms. The van der Waals surface area contributed by atoms with Gasteiger partial charge in [0.25, 0.3) is 0 Å². The Balaban J connectivity index is 4.19. The normalized spacial score (nSPS) is 11.6. The fraction of sp³-hybridized carbons (Fsp3) is 0.929. The molecule has 0 aromatic carbocycles. The van der Waals surface area contributed by atoms with Crippen LogP contribution in [0.4, 0.5) is 0 Å². The van der Waals surface area contributed by atoms with E-state index in [4.69, 9.17) is 0 Å². The van der Waals surface area contributed by atoms with Crippen molar-refractivity contribution in [3.63, 3.8) is 0 Å². The lowest BCUT2D eigenvalue weighted by Crippen LogP contribution is -2.36. The topological polar surface area (TPSA) is 32.3 Å². The Morgan fingerprint density at radius 1 is 1.18 bits per heavy atom. The van der Waals surface area contributed by atoms with Gasteiger partial charge in [-0.25, -0.2) is 0 Å². The Morgan fingerprint density at radius 3 is 2.24 bits per heavy atom. The van der Waals surface area contributed by atoms with E-state index < -0.39 is 0 Å². The van der Waals surface area contributed by atoms with Crippen LogP contribution in [0.2, 0.25) is 0 Å². The summed E-state index contributed by atoms with van der Waals surface area (Å²) in [6.45, 7) is 11.3. The molecule has 0 rings (SSSR count). The summed E-state index contributed by atoms with van der Waals surface area (Å²) < 4.78 is 0. The number of carbonyl (C=O) groups is 1. The summed E-state index contributed by atoms with van der Waals surface area (Å²) in [5.74, 6) is 0.307. The summed E-state index contributed by atoms with van der Waals surface area (Å²) in [7, 11) is 1.95. The molecule has 0 aliphatic rings. The van der Waals surface area contributed by atoms with Gasteiger partial charge in [0.1, 0.15) is 0 Å². The average molecular weight is 242 g/mol. The molecule has 0 bridgehead atoms. The van der Waals surface area contributed by atoms with Crippen molar-refractivity contribution in [3.8, 4) is 0 Å². The molecule has 0 saturated heterocycles. The fourth-order valence-electron chi connectivity index (χ4n) is 1.72. The minimum absolute atomic E-state index is 0.0879. The van der Waals surface area contributed by atoms with Crippen molar-refractivity contribution in [3.05, 3.63) is 0 Å². The zero-order valence-corrected chi connectivity index (χ0v) is 12.3. The van der Waals surface area contributed by atoms with Crippen LogP contribution in [0.25, 0.3) is 0 Å². The zero-order chi connectivity index (χ0) is 13.3. The molecule has 0 aromatic heterocycles. The van der Waals surface area contributed by atoms with Gasteiger partial charge in [-0.3, -0.25) is 4.79 Å². The number of rotatable bonds is 8. The Bertz CT molecular complexity index is 209. The third kappa shape index (κ3) is 9.16. The first-order valence-corrected chi connectivity index (χ1v) is 6.83. The van der Waals surface area contributed by atoms with Gasteiger partial charge in [0.05, 0.1) is 0 Å². The monoisotopic (exact) mass is 242 g/mol. The Morgan fingerprint density at radius 2 is 1.76 bits per heavy atom. The minimum Gasteiger partial charge on any atom is -0.343 e. The van der Waals surface area contributed by atoms with Gasteiger partial charge in [-0.15, -0.1) is 0 Å². The van der Waals surface area contributed by atoms with Gasteiger partial charge in [0.15, 0.2) is 0 Å². The third-order valence-corrected chi connectivity index (χ3v) is 2.67. The second-order valence-electron chi connectivity index (χ2n) is 5.93. The second-order valence-corrected chi connectivity index (χ2v) is 5.93. The Labute approximate surface area is 107 Å². The van der Waals surface area contributed by atoms with Crippen LogP contribution in [0.1, 0.15) is 53.4 Å². The highest BCUT2D eigenvalue weighted by atomic mass is 16.2. The van der Waals surface area contributed by atoms with Crippen molar-refractivity contribution in [1.82, 2.24) is 10.2 Å². The number of nitrogens with one attached hydrogen (secondary N) is 1. The van der Waals surface area contributed by atoms with Crippen LogP contribution >= 0.6 is 0 Å². The lowest BCUT2D eigenvalue weighted by Gasteiger charge is -2.26. The molecule has 0 radical (unpaired) electrons. The number of hydrogen-bond acceptors (Lipinski definition) is 2. The van der Waals surface area contributed by atoms with Crippen LogP contribution in [0, 0.1) is 5.41 Å². The fourth-order valence-corrected chi connectivity index (χ4v) is 1.72. The minimum atomic E-state index is 0.0879. The molecule has 0 heterocycles. The number of nitrogens with zero attached hydrogens (tertiary/aromatic N) is 1. The van der Waals surface area contributed by atoms with E-state index in [9.17, 15) is 4.79 Å². The quantitative estimate of drug-likeness (QED) is 0.664. The maximum atomic E-state index is 12.2. The maximum absolute atomic E-state index is 12.2. The van der Waals surface area contributed by atoms with Gasteiger partial charge >= 0.3 is 0 Å². The number of carbonyl (C=O) groups excluding carboxylic acids is 1. The summed E-state index contributed by atoms with van der Waals surface area (Å²) in [4.78, 5) is 14.2. The molecular formula is C14H30N2O. The summed E-state index contributed by atoms with van der Waals surface area (Å²) in [5.41, 5.74) is 0.0879. The van der Waals surface area contributed by atoms with Crippen LogP contribution in [-0.4, -0.2) is 37.5 Å². The van der Waals surface area contributed by atoms with Crippen LogP contribution in [0.5, 0.6) is 0 Å². The lowest BCUT2D eigenvalue weighted by atomic mass is 9.91.